The van der Waals surface area contributed by atoms with Crippen molar-refractivity contribution in [2.75, 3.05) is 6.61 Å². The van der Waals surface area contributed by atoms with E-state index in [9.17, 15) is 13.9 Å². The van der Waals surface area contributed by atoms with E-state index in [1.165, 1.54) is 18.3 Å². The maximum atomic E-state index is 13.5. The van der Waals surface area contributed by atoms with Gasteiger partial charge in [0.2, 0.25) is 0 Å². The van der Waals surface area contributed by atoms with Crippen molar-refractivity contribution in [3.63, 3.8) is 0 Å². The van der Waals surface area contributed by atoms with Crippen LogP contribution in [0, 0.1) is 11.6 Å². The first kappa shape index (κ1) is 13.6. The minimum atomic E-state index is -0.897. The van der Waals surface area contributed by atoms with Gasteiger partial charge in [0.15, 0.2) is 0 Å². The summed E-state index contributed by atoms with van der Waals surface area (Å²) < 4.78 is 28.0. The molecule has 2 N–H and O–H groups in total. The summed E-state index contributed by atoms with van der Waals surface area (Å²) in [4.78, 5) is 4.07. The van der Waals surface area contributed by atoms with Gasteiger partial charge >= 0.3 is 0 Å². The van der Waals surface area contributed by atoms with E-state index < -0.39 is 17.7 Å². The Bertz CT molecular complexity index is 557. The minimum Gasteiger partial charge on any atom is -0.394 e. The van der Waals surface area contributed by atoms with Crippen molar-refractivity contribution in [3.8, 4) is 0 Å². The molecule has 0 fully saturated rings. The third kappa shape index (κ3) is 3.36. The molecule has 1 heterocycles. The number of nitrogens with zero attached hydrogens (tertiary/aromatic N) is 2. The van der Waals surface area contributed by atoms with Crippen LogP contribution >= 0.6 is 0 Å². The Morgan fingerprint density at radius 1 is 1.32 bits per heavy atom. The van der Waals surface area contributed by atoms with E-state index in [1.807, 2.05) is 0 Å². The second-order valence-corrected chi connectivity index (χ2v) is 4.24. The third-order valence-electron chi connectivity index (χ3n) is 2.78. The monoisotopic (exact) mass is 268 g/mol. The summed E-state index contributed by atoms with van der Waals surface area (Å²) in [5.74, 6) is -0.712. The molecule has 2 rings (SSSR count). The predicted octanol–water partition coefficient (Wildman–Crippen LogP) is 1.11. The largest absolute Gasteiger partial charge is 0.394 e. The summed E-state index contributed by atoms with van der Waals surface area (Å²) in [7, 11) is 0. The zero-order valence-electron chi connectivity index (χ0n) is 10.1. The zero-order chi connectivity index (χ0) is 13.8. The van der Waals surface area contributed by atoms with E-state index in [0.29, 0.717) is 11.4 Å². The SMILES string of the molecule is OCC(O)Cn1ccnc1Cc1ccc(F)cc1F. The number of hydrogen-bond acceptors (Lipinski definition) is 3. The quantitative estimate of drug-likeness (QED) is 0.854. The molecule has 2 aromatic rings. The molecule has 4 nitrogen and oxygen atoms in total. The van der Waals surface area contributed by atoms with Crippen LogP contribution in [0.5, 0.6) is 0 Å². The Morgan fingerprint density at radius 3 is 2.79 bits per heavy atom. The molecule has 0 radical (unpaired) electrons. The van der Waals surface area contributed by atoms with E-state index in [1.54, 1.807) is 10.8 Å². The molecule has 0 aliphatic heterocycles. The number of halogens is 2. The standard InChI is InChI=1S/C13H14F2N2O2/c14-10-2-1-9(12(15)6-10)5-13-16-3-4-17(13)7-11(19)8-18/h1-4,6,11,18-19H,5,7-8H2. The lowest BCUT2D eigenvalue weighted by Crippen LogP contribution is -2.21. The topological polar surface area (TPSA) is 58.3 Å². The van der Waals surface area contributed by atoms with Crippen molar-refractivity contribution >= 4 is 0 Å². The van der Waals surface area contributed by atoms with Gasteiger partial charge in [-0.05, 0) is 11.6 Å². The number of aliphatic hydroxyl groups excluding tert-OH is 2. The molecule has 0 aliphatic carbocycles. The fraction of sp³-hybridized carbons (Fsp3) is 0.308. The molecule has 19 heavy (non-hydrogen) atoms. The van der Waals surface area contributed by atoms with Crippen molar-refractivity contribution in [2.45, 2.75) is 19.1 Å². The van der Waals surface area contributed by atoms with Crippen molar-refractivity contribution in [2.24, 2.45) is 0 Å². The summed E-state index contributed by atoms with van der Waals surface area (Å²) in [6, 6.07) is 3.38. The number of imidazole rings is 1. The molecule has 6 heteroatoms. The van der Waals surface area contributed by atoms with Crippen LogP contribution in [0.25, 0.3) is 0 Å². The van der Waals surface area contributed by atoms with Crippen molar-refractivity contribution < 1.29 is 19.0 Å². The number of benzene rings is 1. The summed E-state index contributed by atoms with van der Waals surface area (Å²) in [6.45, 7) is -0.183. The first-order valence-electron chi connectivity index (χ1n) is 5.83. The molecule has 0 spiro atoms. The highest BCUT2D eigenvalue weighted by Gasteiger charge is 2.11. The van der Waals surface area contributed by atoms with Crippen LogP contribution in [0.15, 0.2) is 30.6 Å². The van der Waals surface area contributed by atoms with Crippen molar-refractivity contribution in [1.82, 2.24) is 9.55 Å². The van der Waals surface area contributed by atoms with Crippen LogP contribution in [0.1, 0.15) is 11.4 Å². The molecule has 1 aromatic carbocycles. The molecule has 0 aliphatic rings. The number of aromatic nitrogens is 2. The Labute approximate surface area is 109 Å². The van der Waals surface area contributed by atoms with Gasteiger partial charge in [0.25, 0.3) is 0 Å². The second kappa shape index (κ2) is 5.90. The van der Waals surface area contributed by atoms with E-state index in [-0.39, 0.29) is 19.6 Å². The summed E-state index contributed by atoms with van der Waals surface area (Å²) in [5, 5.41) is 18.2. The first-order chi connectivity index (χ1) is 9.10. The summed E-state index contributed by atoms with van der Waals surface area (Å²) in [5.41, 5.74) is 0.326. The third-order valence-corrected chi connectivity index (χ3v) is 2.78. The van der Waals surface area contributed by atoms with E-state index in [2.05, 4.69) is 4.98 Å². The lowest BCUT2D eigenvalue weighted by molar-refractivity contribution is 0.0806. The van der Waals surface area contributed by atoms with Crippen molar-refractivity contribution in [1.29, 1.82) is 0 Å². The van der Waals surface area contributed by atoms with E-state index in [0.717, 1.165) is 6.07 Å². The molecule has 102 valence electrons. The average molecular weight is 268 g/mol. The normalized spacial score (nSPS) is 12.6. The fourth-order valence-corrected chi connectivity index (χ4v) is 1.79. The Balaban J connectivity index is 2.17. The van der Waals surface area contributed by atoms with Gasteiger partial charge in [0.1, 0.15) is 17.5 Å². The lowest BCUT2D eigenvalue weighted by Gasteiger charge is -2.11. The maximum Gasteiger partial charge on any atom is 0.129 e. The van der Waals surface area contributed by atoms with Crippen LogP contribution in [-0.4, -0.2) is 32.5 Å². The van der Waals surface area contributed by atoms with Gasteiger partial charge < -0.3 is 14.8 Å². The Hall–Kier alpha value is -1.79. The van der Waals surface area contributed by atoms with Crippen LogP contribution in [0.2, 0.25) is 0 Å². The number of hydrogen-bond donors (Lipinski definition) is 2. The van der Waals surface area contributed by atoms with Gasteiger partial charge in [-0.15, -0.1) is 0 Å². The second-order valence-electron chi connectivity index (χ2n) is 4.24. The highest BCUT2D eigenvalue weighted by atomic mass is 19.1. The molecule has 1 atom stereocenters. The average Bonchev–Trinajstić information content (AvgIpc) is 2.80. The van der Waals surface area contributed by atoms with Gasteiger partial charge in [-0.25, -0.2) is 13.8 Å². The first-order valence-corrected chi connectivity index (χ1v) is 5.83. The smallest absolute Gasteiger partial charge is 0.129 e. The lowest BCUT2D eigenvalue weighted by atomic mass is 10.1. The highest BCUT2D eigenvalue weighted by Crippen LogP contribution is 2.14. The molecule has 0 saturated carbocycles. The van der Waals surface area contributed by atoms with Crippen LogP contribution in [0.3, 0.4) is 0 Å². The molecular formula is C13H14F2N2O2. The van der Waals surface area contributed by atoms with Gasteiger partial charge in [-0.3, -0.25) is 0 Å². The molecular weight excluding hydrogens is 254 g/mol. The predicted molar refractivity (Wildman–Crippen MR) is 64.5 cm³/mol. The van der Waals surface area contributed by atoms with Gasteiger partial charge in [-0.2, -0.15) is 0 Å². The Kier molecular flexibility index (Phi) is 4.24. The maximum absolute atomic E-state index is 13.5. The fourth-order valence-electron chi connectivity index (χ4n) is 1.79. The van der Waals surface area contributed by atoms with E-state index in [4.69, 9.17) is 5.11 Å². The Morgan fingerprint density at radius 2 is 2.11 bits per heavy atom. The van der Waals surface area contributed by atoms with Crippen LogP contribution in [-0.2, 0) is 13.0 Å². The minimum absolute atomic E-state index is 0.175. The molecule has 0 amide bonds. The van der Waals surface area contributed by atoms with Gasteiger partial charge in [0, 0.05) is 24.9 Å². The van der Waals surface area contributed by atoms with Gasteiger partial charge in [0.05, 0.1) is 19.3 Å². The summed E-state index contributed by atoms with van der Waals surface area (Å²) in [6.07, 6.45) is 2.46. The van der Waals surface area contributed by atoms with Gasteiger partial charge in [-0.1, -0.05) is 6.07 Å². The molecule has 1 unspecified atom stereocenters. The highest BCUT2D eigenvalue weighted by molar-refractivity contribution is 5.22. The van der Waals surface area contributed by atoms with Crippen LogP contribution in [0.4, 0.5) is 8.78 Å². The zero-order valence-corrected chi connectivity index (χ0v) is 10.1. The van der Waals surface area contributed by atoms with Crippen molar-refractivity contribution in [3.05, 3.63) is 53.6 Å². The van der Waals surface area contributed by atoms with E-state index >= 15 is 0 Å². The number of rotatable bonds is 5. The molecule has 0 saturated heterocycles. The molecule has 1 aromatic heterocycles. The summed E-state index contributed by atoms with van der Waals surface area (Å²) >= 11 is 0. The van der Waals surface area contributed by atoms with Crippen LogP contribution < -0.4 is 0 Å². The number of aliphatic hydroxyl groups is 2. The molecule has 0 bridgehead atoms.